The topological polar surface area (TPSA) is 44.4 Å². The Morgan fingerprint density at radius 2 is 1.94 bits per heavy atom. The van der Waals surface area contributed by atoms with E-state index in [9.17, 15) is 4.79 Å². The maximum atomic E-state index is 12.2. The molecular weight excluding hydrogens is 214 g/mol. The lowest BCUT2D eigenvalue weighted by Gasteiger charge is -2.33. The highest BCUT2D eigenvalue weighted by molar-refractivity contribution is 5.82. The monoisotopic (exact) mass is 239 g/mol. The Hall–Kier alpha value is -0.610. The van der Waals surface area contributed by atoms with Crippen molar-refractivity contribution in [2.75, 3.05) is 26.7 Å². The van der Waals surface area contributed by atoms with Crippen molar-refractivity contribution in [1.82, 2.24) is 15.5 Å². The fraction of sp³-hybridized carbons (Fsp3) is 0.923. The molecule has 1 aliphatic heterocycles. The Bertz CT molecular complexity index is 249. The largest absolute Gasteiger partial charge is 0.352 e. The summed E-state index contributed by atoms with van der Waals surface area (Å²) < 4.78 is 0. The van der Waals surface area contributed by atoms with Gasteiger partial charge in [-0.25, -0.2) is 0 Å². The first-order valence-electron chi connectivity index (χ1n) is 6.98. The quantitative estimate of drug-likeness (QED) is 0.698. The van der Waals surface area contributed by atoms with Crippen LogP contribution in [0.2, 0.25) is 0 Å². The molecule has 98 valence electrons. The summed E-state index contributed by atoms with van der Waals surface area (Å²) >= 11 is 0. The van der Waals surface area contributed by atoms with Gasteiger partial charge in [0, 0.05) is 25.7 Å². The summed E-state index contributed by atoms with van der Waals surface area (Å²) in [7, 11) is 2.04. The second-order valence-corrected chi connectivity index (χ2v) is 5.40. The number of carbonyl (C=O) groups excluding carboxylic acids is 1. The predicted molar refractivity (Wildman–Crippen MR) is 68.9 cm³/mol. The molecule has 2 fully saturated rings. The fourth-order valence-corrected chi connectivity index (χ4v) is 2.82. The van der Waals surface area contributed by atoms with Crippen molar-refractivity contribution in [2.45, 2.75) is 50.6 Å². The molecule has 4 nitrogen and oxygen atoms in total. The number of nitrogens with one attached hydrogen (secondary N) is 2. The van der Waals surface area contributed by atoms with Crippen LogP contribution in [-0.4, -0.2) is 49.6 Å². The van der Waals surface area contributed by atoms with Gasteiger partial charge in [0.1, 0.15) is 6.04 Å². The Morgan fingerprint density at radius 3 is 2.59 bits per heavy atom. The summed E-state index contributed by atoms with van der Waals surface area (Å²) in [6.07, 6.45) is 7.52. The molecule has 0 spiro atoms. The standard InChI is InChI=1S/C13H25N3O/c1-16-9-8-14-10-12(16)13(17)15-11-6-4-2-3-5-7-11/h11-12,14H,2-10H2,1H3,(H,15,17). The molecule has 0 aromatic heterocycles. The van der Waals surface area contributed by atoms with Crippen molar-refractivity contribution in [3.63, 3.8) is 0 Å². The third kappa shape index (κ3) is 3.68. The van der Waals surface area contributed by atoms with Crippen LogP contribution in [0.4, 0.5) is 0 Å². The van der Waals surface area contributed by atoms with Gasteiger partial charge in [0.15, 0.2) is 0 Å². The number of amides is 1. The van der Waals surface area contributed by atoms with Crippen LogP contribution in [0.1, 0.15) is 38.5 Å². The number of nitrogens with zero attached hydrogens (tertiary/aromatic N) is 1. The van der Waals surface area contributed by atoms with Gasteiger partial charge in [-0.3, -0.25) is 9.69 Å². The Labute approximate surface area is 104 Å². The third-order valence-corrected chi connectivity index (χ3v) is 4.02. The summed E-state index contributed by atoms with van der Waals surface area (Å²) in [6.45, 7) is 2.74. The van der Waals surface area contributed by atoms with E-state index >= 15 is 0 Å². The fourth-order valence-electron chi connectivity index (χ4n) is 2.82. The molecule has 1 saturated heterocycles. The molecule has 2 rings (SSSR count). The molecule has 1 amide bonds. The molecule has 0 radical (unpaired) electrons. The lowest BCUT2D eigenvalue weighted by molar-refractivity contribution is -0.127. The van der Waals surface area contributed by atoms with E-state index in [2.05, 4.69) is 15.5 Å². The first kappa shape index (κ1) is 12.8. The van der Waals surface area contributed by atoms with Gasteiger partial charge in [-0.05, 0) is 19.9 Å². The van der Waals surface area contributed by atoms with E-state index < -0.39 is 0 Å². The average molecular weight is 239 g/mol. The summed E-state index contributed by atoms with van der Waals surface area (Å²) in [4.78, 5) is 14.4. The van der Waals surface area contributed by atoms with Crippen molar-refractivity contribution >= 4 is 5.91 Å². The van der Waals surface area contributed by atoms with E-state index in [0.717, 1.165) is 32.5 Å². The van der Waals surface area contributed by atoms with E-state index in [1.807, 2.05) is 7.05 Å². The predicted octanol–water partition coefficient (Wildman–Crippen LogP) is 0.729. The SMILES string of the molecule is CN1CCNCC1C(=O)NC1CCCCCC1. The van der Waals surface area contributed by atoms with Crippen LogP contribution in [0.15, 0.2) is 0 Å². The van der Waals surface area contributed by atoms with Gasteiger partial charge < -0.3 is 10.6 Å². The molecule has 1 heterocycles. The lowest BCUT2D eigenvalue weighted by atomic mass is 10.1. The summed E-state index contributed by atoms with van der Waals surface area (Å²) in [6, 6.07) is 0.437. The highest BCUT2D eigenvalue weighted by Gasteiger charge is 2.27. The summed E-state index contributed by atoms with van der Waals surface area (Å²) in [5, 5.41) is 6.53. The number of hydrogen-bond acceptors (Lipinski definition) is 3. The minimum atomic E-state index is 0.0204. The maximum Gasteiger partial charge on any atom is 0.238 e. The molecule has 4 heteroatoms. The molecule has 1 atom stereocenters. The highest BCUT2D eigenvalue weighted by Crippen LogP contribution is 2.17. The zero-order valence-electron chi connectivity index (χ0n) is 10.9. The number of piperazine rings is 1. The van der Waals surface area contributed by atoms with Crippen molar-refractivity contribution in [2.24, 2.45) is 0 Å². The first-order valence-corrected chi connectivity index (χ1v) is 6.98. The Balaban J connectivity index is 1.82. The Kier molecular flexibility index (Phi) is 4.80. The van der Waals surface area contributed by atoms with Gasteiger partial charge in [0.25, 0.3) is 0 Å². The first-order chi connectivity index (χ1) is 8.27. The number of hydrogen-bond donors (Lipinski definition) is 2. The number of rotatable bonds is 2. The van der Waals surface area contributed by atoms with Crippen LogP contribution >= 0.6 is 0 Å². The Morgan fingerprint density at radius 1 is 1.24 bits per heavy atom. The van der Waals surface area contributed by atoms with Crippen LogP contribution in [0.3, 0.4) is 0 Å². The van der Waals surface area contributed by atoms with Crippen LogP contribution in [0, 0.1) is 0 Å². The molecule has 17 heavy (non-hydrogen) atoms. The van der Waals surface area contributed by atoms with Crippen LogP contribution in [0.5, 0.6) is 0 Å². The van der Waals surface area contributed by atoms with Gasteiger partial charge in [0.2, 0.25) is 5.91 Å². The van der Waals surface area contributed by atoms with Gasteiger partial charge in [-0.1, -0.05) is 25.7 Å². The zero-order valence-corrected chi connectivity index (χ0v) is 10.9. The van der Waals surface area contributed by atoms with E-state index in [-0.39, 0.29) is 11.9 Å². The highest BCUT2D eigenvalue weighted by atomic mass is 16.2. The lowest BCUT2D eigenvalue weighted by Crippen LogP contribution is -2.57. The zero-order chi connectivity index (χ0) is 12.1. The van der Waals surface area contributed by atoms with E-state index in [4.69, 9.17) is 0 Å². The van der Waals surface area contributed by atoms with Crippen molar-refractivity contribution < 1.29 is 4.79 Å². The molecule has 1 unspecified atom stereocenters. The van der Waals surface area contributed by atoms with Gasteiger partial charge in [-0.15, -0.1) is 0 Å². The van der Waals surface area contributed by atoms with Crippen molar-refractivity contribution in [1.29, 1.82) is 0 Å². The van der Waals surface area contributed by atoms with Gasteiger partial charge in [0.05, 0.1) is 0 Å². The van der Waals surface area contributed by atoms with Crippen LogP contribution < -0.4 is 10.6 Å². The molecule has 1 aliphatic carbocycles. The number of carbonyl (C=O) groups is 1. The molecule has 2 N–H and O–H groups in total. The van der Waals surface area contributed by atoms with Gasteiger partial charge in [-0.2, -0.15) is 0 Å². The summed E-state index contributed by atoms with van der Waals surface area (Å²) in [5.41, 5.74) is 0. The van der Waals surface area contributed by atoms with E-state index in [1.165, 1.54) is 25.7 Å². The average Bonchev–Trinajstić information content (AvgIpc) is 2.58. The third-order valence-electron chi connectivity index (χ3n) is 4.02. The molecular formula is C13H25N3O. The smallest absolute Gasteiger partial charge is 0.238 e. The van der Waals surface area contributed by atoms with Crippen molar-refractivity contribution in [3.8, 4) is 0 Å². The molecule has 2 aliphatic rings. The van der Waals surface area contributed by atoms with E-state index in [1.54, 1.807) is 0 Å². The van der Waals surface area contributed by atoms with Crippen LogP contribution in [-0.2, 0) is 4.79 Å². The molecule has 0 bridgehead atoms. The summed E-state index contributed by atoms with van der Waals surface area (Å²) in [5.74, 6) is 0.214. The minimum Gasteiger partial charge on any atom is -0.352 e. The molecule has 0 aromatic carbocycles. The molecule has 1 saturated carbocycles. The normalized spacial score (nSPS) is 28.6. The van der Waals surface area contributed by atoms with Crippen molar-refractivity contribution in [3.05, 3.63) is 0 Å². The van der Waals surface area contributed by atoms with E-state index in [0.29, 0.717) is 6.04 Å². The van der Waals surface area contributed by atoms with Gasteiger partial charge >= 0.3 is 0 Å². The number of likely N-dealkylation sites (N-methyl/N-ethyl adjacent to an activating group) is 1. The van der Waals surface area contributed by atoms with Crippen LogP contribution in [0.25, 0.3) is 0 Å². The molecule has 0 aromatic rings. The second-order valence-electron chi connectivity index (χ2n) is 5.40. The maximum absolute atomic E-state index is 12.2. The minimum absolute atomic E-state index is 0.0204. The second kappa shape index (κ2) is 6.36.